The van der Waals surface area contributed by atoms with Gasteiger partial charge in [0.2, 0.25) is 5.91 Å². The molecule has 0 saturated carbocycles. The van der Waals surface area contributed by atoms with Crippen molar-refractivity contribution in [3.63, 3.8) is 0 Å². The van der Waals surface area contributed by atoms with Crippen molar-refractivity contribution < 1.29 is 14.3 Å². The number of amides is 1. The molecule has 0 radical (unpaired) electrons. The van der Waals surface area contributed by atoms with Crippen LogP contribution in [0.4, 0.5) is 0 Å². The Balaban J connectivity index is 1.63. The highest BCUT2D eigenvalue weighted by atomic mass is 35.5. The monoisotopic (exact) mass is 414 g/mol. The Morgan fingerprint density at radius 1 is 1.00 bits per heavy atom. The summed E-state index contributed by atoms with van der Waals surface area (Å²) < 4.78 is 5.03. The van der Waals surface area contributed by atoms with Crippen molar-refractivity contribution in [1.82, 2.24) is 9.80 Å². The minimum atomic E-state index is -0.561. The molecule has 1 aliphatic rings. The zero-order valence-corrected chi connectivity index (χ0v) is 17.6. The quantitative estimate of drug-likeness (QED) is 0.673. The molecule has 2 atom stereocenters. The van der Waals surface area contributed by atoms with Crippen LogP contribution < -0.4 is 0 Å². The molecule has 2 aromatic carbocycles. The van der Waals surface area contributed by atoms with Crippen LogP contribution in [0.5, 0.6) is 0 Å². The van der Waals surface area contributed by atoms with Crippen LogP contribution in [0, 0.1) is 0 Å². The number of hydrogen-bond donors (Lipinski definition) is 0. The number of esters is 1. The van der Waals surface area contributed by atoms with E-state index in [1.807, 2.05) is 46.2 Å². The third kappa shape index (κ3) is 5.17. The number of rotatable bonds is 6. The Morgan fingerprint density at radius 3 is 2.24 bits per heavy atom. The van der Waals surface area contributed by atoms with Crippen LogP contribution in [0.2, 0.25) is 5.02 Å². The molecule has 1 aliphatic heterocycles. The van der Waals surface area contributed by atoms with Gasteiger partial charge in [-0.25, -0.2) is 4.79 Å². The summed E-state index contributed by atoms with van der Waals surface area (Å²) in [6.07, 6.45) is 0.481. The standard InChI is InChI=1S/C23H27ClN2O3/c1-17(18-8-4-3-5-9-18)16-21(27)25-12-14-26(15-13-25)22(23(28)29-2)19-10-6-7-11-20(19)24/h3-11,17,22H,12-16H2,1-2H3. The molecule has 5 nitrogen and oxygen atoms in total. The van der Waals surface area contributed by atoms with Crippen molar-refractivity contribution in [3.8, 4) is 0 Å². The summed E-state index contributed by atoms with van der Waals surface area (Å²) in [4.78, 5) is 29.2. The van der Waals surface area contributed by atoms with Gasteiger partial charge in [-0.1, -0.05) is 67.1 Å². The lowest BCUT2D eigenvalue weighted by atomic mass is 9.97. The Hall–Kier alpha value is -2.37. The van der Waals surface area contributed by atoms with Crippen LogP contribution in [-0.2, 0) is 14.3 Å². The third-order valence-electron chi connectivity index (χ3n) is 5.51. The van der Waals surface area contributed by atoms with E-state index in [0.29, 0.717) is 37.6 Å². The van der Waals surface area contributed by atoms with Crippen molar-refractivity contribution in [2.24, 2.45) is 0 Å². The predicted octanol–water partition coefficient (Wildman–Crippen LogP) is 3.89. The van der Waals surface area contributed by atoms with Crippen LogP contribution in [0.15, 0.2) is 54.6 Å². The van der Waals surface area contributed by atoms with Crippen LogP contribution in [0.25, 0.3) is 0 Å². The molecule has 1 heterocycles. The molecule has 2 unspecified atom stereocenters. The van der Waals surface area contributed by atoms with Crippen molar-refractivity contribution in [2.45, 2.75) is 25.3 Å². The fourth-order valence-electron chi connectivity index (χ4n) is 3.80. The third-order valence-corrected chi connectivity index (χ3v) is 5.85. The maximum absolute atomic E-state index is 12.8. The van der Waals surface area contributed by atoms with Gasteiger partial charge in [-0.3, -0.25) is 9.69 Å². The van der Waals surface area contributed by atoms with Crippen molar-refractivity contribution in [2.75, 3.05) is 33.3 Å². The van der Waals surface area contributed by atoms with E-state index >= 15 is 0 Å². The van der Waals surface area contributed by atoms with Crippen molar-refractivity contribution >= 4 is 23.5 Å². The first-order valence-corrected chi connectivity index (χ1v) is 10.3. The molecular weight excluding hydrogens is 388 g/mol. The van der Waals surface area contributed by atoms with Gasteiger partial charge in [0.15, 0.2) is 0 Å². The number of benzene rings is 2. The summed E-state index contributed by atoms with van der Waals surface area (Å²) in [5.41, 5.74) is 1.91. The normalized spacial score (nSPS) is 16.9. The van der Waals surface area contributed by atoms with Crippen molar-refractivity contribution in [1.29, 1.82) is 0 Å². The molecule has 2 aromatic rings. The minimum absolute atomic E-state index is 0.147. The maximum Gasteiger partial charge on any atom is 0.327 e. The summed E-state index contributed by atoms with van der Waals surface area (Å²) in [6, 6.07) is 16.9. The average Bonchev–Trinajstić information content (AvgIpc) is 2.76. The van der Waals surface area contributed by atoms with Gasteiger partial charge in [0, 0.05) is 37.6 Å². The highest BCUT2D eigenvalue weighted by Gasteiger charge is 2.33. The highest BCUT2D eigenvalue weighted by Crippen LogP contribution is 2.30. The molecule has 1 saturated heterocycles. The molecule has 0 aromatic heterocycles. The Kier molecular flexibility index (Phi) is 7.29. The average molecular weight is 415 g/mol. The first kappa shape index (κ1) is 21.3. The topological polar surface area (TPSA) is 49.9 Å². The summed E-state index contributed by atoms with van der Waals surface area (Å²) in [5, 5.41) is 0.540. The van der Waals surface area contributed by atoms with Crippen LogP contribution >= 0.6 is 11.6 Å². The van der Waals surface area contributed by atoms with Gasteiger partial charge >= 0.3 is 5.97 Å². The highest BCUT2D eigenvalue weighted by molar-refractivity contribution is 6.31. The van der Waals surface area contributed by atoms with E-state index in [0.717, 1.165) is 5.56 Å². The Bertz CT molecular complexity index is 835. The molecule has 6 heteroatoms. The van der Waals surface area contributed by atoms with Gasteiger partial charge in [-0.05, 0) is 23.1 Å². The largest absolute Gasteiger partial charge is 0.468 e. The van der Waals surface area contributed by atoms with Gasteiger partial charge in [0.25, 0.3) is 0 Å². The lowest BCUT2D eigenvalue weighted by molar-refractivity contribution is -0.148. The van der Waals surface area contributed by atoms with E-state index in [4.69, 9.17) is 16.3 Å². The van der Waals surface area contributed by atoms with Gasteiger partial charge < -0.3 is 9.64 Å². The summed E-state index contributed by atoms with van der Waals surface area (Å²) in [7, 11) is 1.39. The first-order valence-electron chi connectivity index (χ1n) is 9.90. The molecule has 0 N–H and O–H groups in total. The maximum atomic E-state index is 12.8. The second kappa shape index (κ2) is 9.90. The van der Waals surface area contributed by atoms with Gasteiger partial charge in [-0.15, -0.1) is 0 Å². The molecule has 1 amide bonds. The van der Waals surface area contributed by atoms with Crippen LogP contribution in [-0.4, -0.2) is 55.0 Å². The number of nitrogens with zero attached hydrogens (tertiary/aromatic N) is 2. The second-order valence-corrected chi connectivity index (χ2v) is 7.79. The minimum Gasteiger partial charge on any atom is -0.468 e. The molecule has 0 bridgehead atoms. The zero-order valence-electron chi connectivity index (χ0n) is 16.9. The molecule has 29 heavy (non-hydrogen) atoms. The Morgan fingerprint density at radius 2 is 1.62 bits per heavy atom. The smallest absolute Gasteiger partial charge is 0.327 e. The summed E-state index contributed by atoms with van der Waals surface area (Å²) in [6.45, 7) is 4.43. The molecule has 3 rings (SSSR count). The van der Waals surface area contributed by atoms with E-state index in [2.05, 4.69) is 19.1 Å². The summed E-state index contributed by atoms with van der Waals surface area (Å²) in [5.74, 6) is -0.0170. The molecule has 154 valence electrons. The number of ether oxygens (including phenoxy) is 1. The number of piperazine rings is 1. The number of carbonyl (C=O) groups is 2. The fourth-order valence-corrected chi connectivity index (χ4v) is 4.04. The van der Waals surface area contributed by atoms with E-state index in [1.54, 1.807) is 6.07 Å². The molecule has 0 spiro atoms. The number of halogens is 1. The van der Waals surface area contributed by atoms with E-state index < -0.39 is 6.04 Å². The molecular formula is C23H27ClN2O3. The number of carbonyl (C=O) groups excluding carboxylic acids is 2. The van der Waals surface area contributed by atoms with Crippen LogP contribution in [0.1, 0.15) is 36.4 Å². The summed E-state index contributed by atoms with van der Waals surface area (Å²) >= 11 is 6.33. The SMILES string of the molecule is COC(=O)C(c1ccccc1Cl)N1CCN(C(=O)CC(C)c2ccccc2)CC1. The lowest BCUT2D eigenvalue weighted by Crippen LogP contribution is -2.51. The number of hydrogen-bond acceptors (Lipinski definition) is 4. The zero-order chi connectivity index (χ0) is 20.8. The first-order chi connectivity index (χ1) is 14.0. The fraction of sp³-hybridized carbons (Fsp3) is 0.391. The second-order valence-electron chi connectivity index (χ2n) is 7.38. The van der Waals surface area contributed by atoms with Gasteiger partial charge in [0.05, 0.1) is 7.11 Å². The lowest BCUT2D eigenvalue weighted by Gasteiger charge is -2.38. The number of methoxy groups -OCH3 is 1. The van der Waals surface area contributed by atoms with Crippen molar-refractivity contribution in [3.05, 3.63) is 70.7 Å². The van der Waals surface area contributed by atoms with Gasteiger partial charge in [-0.2, -0.15) is 0 Å². The van der Waals surface area contributed by atoms with E-state index in [9.17, 15) is 9.59 Å². The molecule has 1 fully saturated rings. The Labute approximate surface area is 177 Å². The molecule has 0 aliphatic carbocycles. The van der Waals surface area contributed by atoms with Crippen LogP contribution in [0.3, 0.4) is 0 Å². The van der Waals surface area contributed by atoms with E-state index in [-0.39, 0.29) is 17.8 Å². The van der Waals surface area contributed by atoms with E-state index in [1.165, 1.54) is 12.7 Å². The predicted molar refractivity (Wildman–Crippen MR) is 114 cm³/mol. The van der Waals surface area contributed by atoms with Gasteiger partial charge in [0.1, 0.15) is 6.04 Å².